The molecule has 0 atom stereocenters. The molecule has 0 aromatic heterocycles. The Morgan fingerprint density at radius 3 is 2.29 bits per heavy atom. The van der Waals surface area contributed by atoms with E-state index < -0.39 is 47.6 Å². The molecule has 130 valence electrons. The number of halogens is 6. The fraction of sp³-hybridized carbons (Fsp3) is 0.143. The molecule has 2 aromatic rings. The number of rotatable bonds is 3. The molecule has 0 fully saturated rings. The first-order valence-electron chi connectivity index (χ1n) is 6.27. The minimum atomic E-state index is -4.73. The Bertz CT molecular complexity index is 897. The lowest BCUT2D eigenvalue weighted by Crippen LogP contribution is -2.17. The van der Waals surface area contributed by atoms with Gasteiger partial charge in [-0.2, -0.15) is 13.2 Å². The van der Waals surface area contributed by atoms with Crippen LogP contribution >= 0.6 is 22.6 Å². The van der Waals surface area contributed by atoms with Crippen molar-refractivity contribution in [2.45, 2.75) is 18.0 Å². The standard InChI is InChI=1S/C14H9F5INO2S/c1-7-2-3-8(14(17,18)19)6-11(7)24(22,23)21-10-5-4-9(15)13(20)12(10)16/h2-6,21H,1H3. The smallest absolute Gasteiger partial charge is 0.277 e. The van der Waals surface area contributed by atoms with Gasteiger partial charge in [0.15, 0.2) is 5.82 Å². The SMILES string of the molecule is Cc1ccc(C(F)(F)F)cc1S(=O)(=O)Nc1ccc(F)c(I)c1F. The van der Waals surface area contributed by atoms with Gasteiger partial charge in [0.2, 0.25) is 0 Å². The monoisotopic (exact) mass is 477 g/mol. The van der Waals surface area contributed by atoms with Gasteiger partial charge in [-0.3, -0.25) is 4.72 Å². The van der Waals surface area contributed by atoms with E-state index >= 15 is 0 Å². The van der Waals surface area contributed by atoms with Gasteiger partial charge in [-0.25, -0.2) is 17.2 Å². The van der Waals surface area contributed by atoms with Gasteiger partial charge < -0.3 is 0 Å². The number of nitrogens with one attached hydrogen (secondary N) is 1. The van der Waals surface area contributed by atoms with Crippen molar-refractivity contribution in [2.24, 2.45) is 0 Å². The summed E-state index contributed by atoms with van der Waals surface area (Å²) in [6, 6.07) is 3.91. The van der Waals surface area contributed by atoms with Crippen LogP contribution in [0.5, 0.6) is 0 Å². The fourth-order valence-corrected chi connectivity index (χ4v) is 3.67. The highest BCUT2D eigenvalue weighted by atomic mass is 127. The Labute approximate surface area is 148 Å². The first-order chi connectivity index (χ1) is 10.9. The third-order valence-electron chi connectivity index (χ3n) is 3.08. The summed E-state index contributed by atoms with van der Waals surface area (Å²) in [7, 11) is -4.49. The van der Waals surface area contributed by atoms with E-state index in [0.29, 0.717) is 6.07 Å². The Kier molecular flexibility index (Phi) is 5.09. The second-order valence-corrected chi connectivity index (χ2v) is 7.54. The van der Waals surface area contributed by atoms with Crippen molar-refractivity contribution < 1.29 is 30.4 Å². The molecule has 0 aliphatic heterocycles. The second kappa shape index (κ2) is 6.47. The highest BCUT2D eigenvalue weighted by molar-refractivity contribution is 14.1. The van der Waals surface area contributed by atoms with Gasteiger partial charge >= 0.3 is 6.18 Å². The predicted octanol–water partition coefficient (Wildman–Crippen LogP) is 4.70. The first kappa shape index (κ1) is 18.9. The zero-order valence-electron chi connectivity index (χ0n) is 11.9. The maximum atomic E-state index is 13.9. The molecule has 0 aliphatic rings. The van der Waals surface area contributed by atoms with Gasteiger partial charge in [-0.15, -0.1) is 0 Å². The molecule has 2 aromatic carbocycles. The van der Waals surface area contributed by atoms with E-state index in [-0.39, 0.29) is 5.56 Å². The van der Waals surface area contributed by atoms with Crippen molar-refractivity contribution in [3.8, 4) is 0 Å². The van der Waals surface area contributed by atoms with Crippen LogP contribution in [0.4, 0.5) is 27.6 Å². The van der Waals surface area contributed by atoms with Gasteiger partial charge in [-0.1, -0.05) is 6.07 Å². The largest absolute Gasteiger partial charge is 0.416 e. The Morgan fingerprint density at radius 1 is 1.08 bits per heavy atom. The van der Waals surface area contributed by atoms with Crippen LogP contribution in [-0.4, -0.2) is 8.42 Å². The van der Waals surface area contributed by atoms with Crippen molar-refractivity contribution in [3.63, 3.8) is 0 Å². The summed E-state index contributed by atoms with van der Waals surface area (Å²) in [6.45, 7) is 1.31. The number of aryl methyl sites for hydroxylation is 1. The number of anilines is 1. The molecule has 0 saturated carbocycles. The summed E-state index contributed by atoms with van der Waals surface area (Å²) in [4.78, 5) is -0.643. The topological polar surface area (TPSA) is 46.2 Å². The zero-order chi connectivity index (χ0) is 18.3. The molecule has 24 heavy (non-hydrogen) atoms. The van der Waals surface area contributed by atoms with E-state index in [1.165, 1.54) is 29.5 Å². The number of alkyl halides is 3. The zero-order valence-corrected chi connectivity index (χ0v) is 14.9. The summed E-state index contributed by atoms with van der Waals surface area (Å²) in [5.41, 5.74) is -1.66. The molecule has 0 heterocycles. The minimum Gasteiger partial charge on any atom is -0.277 e. The third-order valence-corrected chi connectivity index (χ3v) is 5.58. The summed E-state index contributed by atoms with van der Waals surface area (Å²) >= 11 is 1.35. The quantitative estimate of drug-likeness (QED) is 0.396. The molecule has 0 amide bonds. The van der Waals surface area contributed by atoms with Crippen LogP contribution < -0.4 is 4.72 Å². The molecular formula is C14H9F5INO2S. The summed E-state index contributed by atoms with van der Waals surface area (Å²) in [5, 5.41) is 0. The van der Waals surface area contributed by atoms with Crippen molar-refractivity contribution in [3.05, 3.63) is 56.7 Å². The normalized spacial score (nSPS) is 12.3. The van der Waals surface area contributed by atoms with E-state index in [1.807, 2.05) is 4.72 Å². The molecule has 0 unspecified atom stereocenters. The summed E-state index contributed by atoms with van der Waals surface area (Å²) < 4.78 is 91.4. The molecular weight excluding hydrogens is 468 g/mol. The molecule has 0 spiro atoms. The van der Waals surface area contributed by atoms with Crippen LogP contribution in [0.2, 0.25) is 0 Å². The summed E-state index contributed by atoms with van der Waals surface area (Å²) in [5.74, 6) is -2.03. The van der Waals surface area contributed by atoms with E-state index in [4.69, 9.17) is 0 Å². The molecule has 1 N–H and O–H groups in total. The van der Waals surface area contributed by atoms with Crippen LogP contribution in [0.25, 0.3) is 0 Å². The number of hydrogen-bond acceptors (Lipinski definition) is 2. The maximum absolute atomic E-state index is 13.9. The van der Waals surface area contributed by atoms with Gasteiger partial charge in [0.05, 0.1) is 19.7 Å². The average molecular weight is 477 g/mol. The van der Waals surface area contributed by atoms with Crippen LogP contribution in [0.3, 0.4) is 0 Å². The van der Waals surface area contributed by atoms with E-state index in [2.05, 4.69) is 0 Å². The van der Waals surface area contributed by atoms with Crippen molar-refractivity contribution in [1.29, 1.82) is 0 Å². The molecule has 0 bridgehead atoms. The highest BCUT2D eigenvalue weighted by Gasteiger charge is 2.32. The van der Waals surface area contributed by atoms with E-state index in [1.54, 1.807) is 0 Å². The van der Waals surface area contributed by atoms with E-state index in [9.17, 15) is 30.4 Å². The second-order valence-electron chi connectivity index (χ2n) is 4.81. The molecule has 0 aliphatic carbocycles. The molecule has 0 saturated heterocycles. The lowest BCUT2D eigenvalue weighted by Gasteiger charge is -2.14. The number of sulfonamides is 1. The highest BCUT2D eigenvalue weighted by Crippen LogP contribution is 2.32. The van der Waals surface area contributed by atoms with E-state index in [0.717, 1.165) is 24.3 Å². The van der Waals surface area contributed by atoms with Crippen molar-refractivity contribution >= 4 is 38.3 Å². The first-order valence-corrected chi connectivity index (χ1v) is 8.84. The van der Waals surface area contributed by atoms with Gasteiger partial charge in [-0.05, 0) is 59.3 Å². The summed E-state index contributed by atoms with van der Waals surface area (Å²) in [6.07, 6.45) is -4.73. The number of benzene rings is 2. The molecule has 10 heteroatoms. The van der Waals surface area contributed by atoms with Crippen LogP contribution in [0, 0.1) is 22.1 Å². The van der Waals surface area contributed by atoms with Crippen LogP contribution in [0.15, 0.2) is 35.2 Å². The predicted molar refractivity (Wildman–Crippen MR) is 86.1 cm³/mol. The van der Waals surface area contributed by atoms with Crippen molar-refractivity contribution in [2.75, 3.05) is 4.72 Å². The van der Waals surface area contributed by atoms with Crippen LogP contribution in [-0.2, 0) is 16.2 Å². The lowest BCUT2D eigenvalue weighted by atomic mass is 10.1. The molecule has 3 nitrogen and oxygen atoms in total. The third kappa shape index (κ3) is 3.79. The Morgan fingerprint density at radius 2 is 1.71 bits per heavy atom. The molecule has 2 rings (SSSR count). The van der Waals surface area contributed by atoms with Crippen molar-refractivity contribution in [1.82, 2.24) is 0 Å². The number of hydrogen-bond donors (Lipinski definition) is 1. The minimum absolute atomic E-state index is 0.0488. The van der Waals surface area contributed by atoms with Gasteiger partial charge in [0, 0.05) is 0 Å². The van der Waals surface area contributed by atoms with Gasteiger partial charge in [0.1, 0.15) is 5.82 Å². The average Bonchev–Trinajstić information content (AvgIpc) is 2.47. The molecule has 0 radical (unpaired) electrons. The van der Waals surface area contributed by atoms with Gasteiger partial charge in [0.25, 0.3) is 10.0 Å². The Balaban J connectivity index is 2.51. The van der Waals surface area contributed by atoms with Crippen LogP contribution in [0.1, 0.15) is 11.1 Å². The lowest BCUT2D eigenvalue weighted by molar-refractivity contribution is -0.137. The maximum Gasteiger partial charge on any atom is 0.416 e. The Hall–Kier alpha value is -1.43. The fourth-order valence-electron chi connectivity index (χ4n) is 1.87.